The Kier molecular flexibility index (Phi) is 3.62. The molecule has 0 saturated heterocycles. The van der Waals surface area contributed by atoms with E-state index >= 15 is 0 Å². The highest BCUT2D eigenvalue weighted by Crippen LogP contribution is 2.28. The number of anilines is 1. The van der Waals surface area contributed by atoms with Crippen LogP contribution in [0.15, 0.2) is 30.5 Å². The normalized spacial score (nSPS) is 11.8. The quantitative estimate of drug-likeness (QED) is 0.518. The van der Waals surface area contributed by atoms with Crippen LogP contribution in [0.5, 0.6) is 0 Å². The van der Waals surface area contributed by atoms with Crippen molar-refractivity contribution in [1.29, 1.82) is 0 Å². The van der Waals surface area contributed by atoms with Crippen LogP contribution in [-0.4, -0.2) is 15.9 Å². The number of hydrogen-bond donors (Lipinski definition) is 1. The number of aromatic nitrogens is 1. The van der Waals surface area contributed by atoms with Crippen LogP contribution in [0, 0.1) is 22.5 Å². The molecule has 5 nitrogen and oxygen atoms in total. The molecule has 1 aromatic carbocycles. The number of pyridine rings is 1. The summed E-state index contributed by atoms with van der Waals surface area (Å²) in [6.45, 7) is 1.98. The lowest BCUT2D eigenvalue weighted by Gasteiger charge is -2.13. The summed E-state index contributed by atoms with van der Waals surface area (Å²) >= 11 is 0. The minimum Gasteiger partial charge on any atom is -0.371 e. The van der Waals surface area contributed by atoms with E-state index in [0.717, 1.165) is 12.1 Å². The lowest BCUT2D eigenvalue weighted by Crippen LogP contribution is -2.15. The van der Waals surface area contributed by atoms with Crippen molar-refractivity contribution >= 4 is 22.3 Å². The Morgan fingerprint density at radius 2 is 2.32 bits per heavy atom. The molecule has 0 amide bonds. The van der Waals surface area contributed by atoms with Gasteiger partial charge in [0.2, 0.25) is 0 Å². The van der Waals surface area contributed by atoms with Crippen LogP contribution >= 0.6 is 0 Å². The molecule has 1 heterocycles. The Labute approximate surface area is 110 Å². The summed E-state index contributed by atoms with van der Waals surface area (Å²) in [4.78, 5) is 14.6. The van der Waals surface area contributed by atoms with E-state index in [2.05, 4.69) is 16.2 Å². The summed E-state index contributed by atoms with van der Waals surface area (Å²) in [6.07, 6.45) is 7.73. The molecule has 0 radical (unpaired) electrons. The number of rotatable bonds is 4. The lowest BCUT2D eigenvalue weighted by atomic mass is 10.1. The van der Waals surface area contributed by atoms with Gasteiger partial charge in [-0.1, -0.05) is 25.0 Å². The minimum absolute atomic E-state index is 0.00472. The maximum absolute atomic E-state index is 11.0. The van der Waals surface area contributed by atoms with Gasteiger partial charge in [0.05, 0.1) is 11.0 Å². The molecule has 0 aliphatic heterocycles. The highest BCUT2D eigenvalue weighted by molar-refractivity contribution is 5.96. The van der Waals surface area contributed by atoms with Gasteiger partial charge in [0, 0.05) is 23.3 Å². The molecule has 2 aromatic rings. The summed E-state index contributed by atoms with van der Waals surface area (Å²) in [7, 11) is 0. The van der Waals surface area contributed by atoms with Crippen molar-refractivity contribution in [2.24, 2.45) is 0 Å². The second-order valence-electron chi connectivity index (χ2n) is 4.06. The predicted octanol–water partition coefficient (Wildman–Crippen LogP) is 2.97. The van der Waals surface area contributed by atoms with Crippen molar-refractivity contribution < 1.29 is 4.92 Å². The molecule has 19 heavy (non-hydrogen) atoms. The van der Waals surface area contributed by atoms with Gasteiger partial charge in [-0.05, 0) is 12.5 Å². The van der Waals surface area contributed by atoms with Crippen molar-refractivity contribution in [3.8, 4) is 12.3 Å². The second kappa shape index (κ2) is 5.36. The molecule has 0 fully saturated rings. The van der Waals surface area contributed by atoms with Crippen LogP contribution < -0.4 is 5.32 Å². The molecule has 1 atom stereocenters. The van der Waals surface area contributed by atoms with Gasteiger partial charge in [-0.25, -0.2) is 4.98 Å². The lowest BCUT2D eigenvalue weighted by molar-refractivity contribution is -0.383. The van der Waals surface area contributed by atoms with E-state index in [1.807, 2.05) is 6.92 Å². The van der Waals surface area contributed by atoms with Crippen molar-refractivity contribution in [3.63, 3.8) is 0 Å². The molecule has 0 saturated carbocycles. The molecule has 0 aliphatic rings. The average molecular weight is 255 g/mol. The fraction of sp³-hybridized carbons (Fsp3) is 0.214. The molecule has 0 bridgehead atoms. The maximum atomic E-state index is 11.0. The number of para-hydroxylation sites is 1. The largest absolute Gasteiger partial charge is 0.371 e. The highest BCUT2D eigenvalue weighted by atomic mass is 16.6. The minimum atomic E-state index is -0.433. The van der Waals surface area contributed by atoms with Crippen LogP contribution in [0.25, 0.3) is 10.9 Å². The van der Waals surface area contributed by atoms with Gasteiger partial charge in [0.1, 0.15) is 5.52 Å². The van der Waals surface area contributed by atoms with E-state index < -0.39 is 4.92 Å². The Bertz CT molecular complexity index is 661. The monoisotopic (exact) mass is 255 g/mol. The molecule has 1 aromatic heterocycles. The molecule has 96 valence electrons. The highest BCUT2D eigenvalue weighted by Gasteiger charge is 2.15. The van der Waals surface area contributed by atoms with Crippen LogP contribution in [0.4, 0.5) is 11.4 Å². The van der Waals surface area contributed by atoms with E-state index in [4.69, 9.17) is 6.42 Å². The first-order chi connectivity index (χ1) is 9.17. The SMILES string of the molecule is C#CC(CC)Nc1ccnc2c([N+](=O)[O-])cccc12. The Balaban J connectivity index is 2.55. The van der Waals surface area contributed by atoms with Crippen LogP contribution in [0.3, 0.4) is 0 Å². The van der Waals surface area contributed by atoms with E-state index in [1.54, 1.807) is 24.4 Å². The van der Waals surface area contributed by atoms with E-state index in [-0.39, 0.29) is 11.7 Å². The van der Waals surface area contributed by atoms with Crippen LogP contribution in [0.2, 0.25) is 0 Å². The van der Waals surface area contributed by atoms with Gasteiger partial charge in [-0.3, -0.25) is 10.1 Å². The zero-order valence-corrected chi connectivity index (χ0v) is 10.5. The van der Waals surface area contributed by atoms with Crippen molar-refractivity contribution in [2.75, 3.05) is 5.32 Å². The summed E-state index contributed by atoms with van der Waals surface area (Å²) in [5.41, 5.74) is 1.12. The summed E-state index contributed by atoms with van der Waals surface area (Å²) in [6, 6.07) is 6.54. The molecule has 1 unspecified atom stereocenters. The standard InChI is InChI=1S/C14H13N3O2/c1-3-10(4-2)16-12-8-9-15-14-11(12)6-5-7-13(14)17(18)19/h1,5-10H,4H2,2H3,(H,15,16). The number of non-ortho nitro benzene ring substituents is 1. The molecule has 1 N–H and O–H groups in total. The number of terminal acetylenes is 1. The van der Waals surface area contributed by atoms with Crippen molar-refractivity contribution in [2.45, 2.75) is 19.4 Å². The third-order valence-electron chi connectivity index (χ3n) is 2.89. The van der Waals surface area contributed by atoms with Gasteiger partial charge < -0.3 is 5.32 Å². The molecular formula is C14H13N3O2. The molecule has 2 rings (SSSR count). The average Bonchev–Trinajstić information content (AvgIpc) is 2.44. The van der Waals surface area contributed by atoms with Gasteiger partial charge in [-0.15, -0.1) is 6.42 Å². The Hall–Kier alpha value is -2.61. The summed E-state index contributed by atoms with van der Waals surface area (Å²) in [5.74, 6) is 2.64. The number of nitrogens with zero attached hydrogens (tertiary/aromatic N) is 2. The maximum Gasteiger partial charge on any atom is 0.295 e. The van der Waals surface area contributed by atoms with Crippen molar-refractivity contribution in [1.82, 2.24) is 4.98 Å². The number of nitrogens with one attached hydrogen (secondary N) is 1. The smallest absolute Gasteiger partial charge is 0.295 e. The Morgan fingerprint density at radius 1 is 1.53 bits per heavy atom. The van der Waals surface area contributed by atoms with Gasteiger partial charge in [0.25, 0.3) is 5.69 Å². The number of nitro benzene ring substituents is 1. The van der Waals surface area contributed by atoms with Gasteiger partial charge >= 0.3 is 0 Å². The van der Waals surface area contributed by atoms with Crippen LogP contribution in [-0.2, 0) is 0 Å². The zero-order valence-electron chi connectivity index (χ0n) is 10.5. The van der Waals surface area contributed by atoms with E-state index in [0.29, 0.717) is 10.9 Å². The van der Waals surface area contributed by atoms with Gasteiger partial charge in [-0.2, -0.15) is 0 Å². The second-order valence-corrected chi connectivity index (χ2v) is 4.06. The number of benzene rings is 1. The predicted molar refractivity (Wildman–Crippen MR) is 74.9 cm³/mol. The number of nitro groups is 1. The number of fused-ring (bicyclic) bond motifs is 1. The third kappa shape index (κ3) is 2.47. The fourth-order valence-corrected chi connectivity index (χ4v) is 1.88. The first-order valence-corrected chi connectivity index (χ1v) is 5.92. The summed E-state index contributed by atoms with van der Waals surface area (Å²) in [5, 5.41) is 14.9. The first kappa shape index (κ1) is 12.8. The van der Waals surface area contributed by atoms with Crippen LogP contribution in [0.1, 0.15) is 13.3 Å². The van der Waals surface area contributed by atoms with E-state index in [9.17, 15) is 10.1 Å². The first-order valence-electron chi connectivity index (χ1n) is 5.92. The molecule has 5 heteroatoms. The molecule has 0 spiro atoms. The topological polar surface area (TPSA) is 68.1 Å². The van der Waals surface area contributed by atoms with Gasteiger partial charge in [0.15, 0.2) is 0 Å². The van der Waals surface area contributed by atoms with E-state index in [1.165, 1.54) is 6.07 Å². The fourth-order valence-electron chi connectivity index (χ4n) is 1.88. The third-order valence-corrected chi connectivity index (χ3v) is 2.89. The summed E-state index contributed by atoms with van der Waals surface area (Å²) < 4.78 is 0. The van der Waals surface area contributed by atoms with Crippen molar-refractivity contribution in [3.05, 3.63) is 40.6 Å². The molecule has 0 aliphatic carbocycles. The number of hydrogen-bond acceptors (Lipinski definition) is 4. The zero-order chi connectivity index (χ0) is 13.8. The Morgan fingerprint density at radius 3 is 2.95 bits per heavy atom. The molecular weight excluding hydrogens is 242 g/mol.